The van der Waals surface area contributed by atoms with Crippen molar-refractivity contribution in [2.45, 2.75) is 18.4 Å². The van der Waals surface area contributed by atoms with Gasteiger partial charge in [-0.15, -0.1) is 0 Å². The molecule has 2 N–H and O–H groups in total. The number of aryl methyl sites for hydroxylation is 1. The summed E-state index contributed by atoms with van der Waals surface area (Å²) in [6.45, 7) is 1.55. The molecular formula is C14H14BrNO3S. The van der Waals surface area contributed by atoms with Crippen molar-refractivity contribution in [1.29, 1.82) is 0 Å². The molecule has 0 saturated carbocycles. The van der Waals surface area contributed by atoms with Crippen LogP contribution in [0.25, 0.3) is 0 Å². The second kappa shape index (κ2) is 5.95. The number of rotatable bonds is 4. The number of hydrogen-bond acceptors (Lipinski definition) is 3. The van der Waals surface area contributed by atoms with Crippen molar-refractivity contribution in [3.05, 3.63) is 58.1 Å². The Labute approximate surface area is 126 Å². The molecule has 0 aliphatic carbocycles. The van der Waals surface area contributed by atoms with Crippen LogP contribution in [0.2, 0.25) is 0 Å². The number of benzene rings is 2. The average molecular weight is 356 g/mol. The lowest BCUT2D eigenvalue weighted by atomic mass is 10.2. The van der Waals surface area contributed by atoms with Crippen molar-refractivity contribution in [2.24, 2.45) is 0 Å². The summed E-state index contributed by atoms with van der Waals surface area (Å²) in [5.41, 5.74) is 1.77. The highest BCUT2D eigenvalue weighted by Crippen LogP contribution is 2.28. The Morgan fingerprint density at radius 1 is 1.15 bits per heavy atom. The molecule has 6 heteroatoms. The Bertz CT molecular complexity index is 729. The zero-order valence-electron chi connectivity index (χ0n) is 10.8. The Balaban J connectivity index is 2.44. The summed E-state index contributed by atoms with van der Waals surface area (Å²) in [6.07, 6.45) is 0. The van der Waals surface area contributed by atoms with Crippen molar-refractivity contribution < 1.29 is 13.5 Å². The molecule has 2 aromatic carbocycles. The maximum Gasteiger partial charge on any atom is 0.262 e. The quantitative estimate of drug-likeness (QED) is 0.885. The maximum atomic E-state index is 12.4. The van der Waals surface area contributed by atoms with Crippen LogP contribution in [0, 0.1) is 6.92 Å². The molecule has 0 bridgehead atoms. The predicted molar refractivity (Wildman–Crippen MR) is 82.1 cm³/mol. The maximum absolute atomic E-state index is 12.4. The van der Waals surface area contributed by atoms with Crippen molar-refractivity contribution in [1.82, 2.24) is 0 Å². The van der Waals surface area contributed by atoms with E-state index in [2.05, 4.69) is 20.7 Å². The minimum Gasteiger partial charge on any atom is -0.392 e. The van der Waals surface area contributed by atoms with Gasteiger partial charge in [0.1, 0.15) is 0 Å². The molecule has 4 nitrogen and oxygen atoms in total. The molecular weight excluding hydrogens is 342 g/mol. The van der Waals surface area contributed by atoms with Gasteiger partial charge in [-0.3, -0.25) is 4.72 Å². The van der Waals surface area contributed by atoms with Gasteiger partial charge in [0.2, 0.25) is 0 Å². The number of anilines is 1. The van der Waals surface area contributed by atoms with Crippen LogP contribution in [0.3, 0.4) is 0 Å². The van der Waals surface area contributed by atoms with Crippen LogP contribution in [-0.4, -0.2) is 13.5 Å². The highest BCUT2D eigenvalue weighted by molar-refractivity contribution is 9.10. The molecule has 0 fully saturated rings. The van der Waals surface area contributed by atoms with E-state index in [0.29, 0.717) is 15.7 Å². The topological polar surface area (TPSA) is 66.4 Å². The molecule has 0 aromatic heterocycles. The molecule has 0 aliphatic heterocycles. The Hall–Kier alpha value is -1.37. The van der Waals surface area contributed by atoms with Gasteiger partial charge in [-0.2, -0.15) is 0 Å². The van der Waals surface area contributed by atoms with Crippen molar-refractivity contribution in [3.63, 3.8) is 0 Å². The average Bonchev–Trinajstić information content (AvgIpc) is 2.43. The third-order valence-electron chi connectivity index (χ3n) is 2.87. The number of sulfonamides is 1. The summed E-state index contributed by atoms with van der Waals surface area (Å²) in [5, 5.41) is 9.25. The molecule has 0 amide bonds. The van der Waals surface area contributed by atoms with Crippen LogP contribution >= 0.6 is 15.9 Å². The zero-order valence-corrected chi connectivity index (χ0v) is 13.2. The first kappa shape index (κ1) is 15.0. The smallest absolute Gasteiger partial charge is 0.262 e. The fraction of sp³-hybridized carbons (Fsp3) is 0.143. The first-order valence-electron chi connectivity index (χ1n) is 5.92. The summed E-state index contributed by atoms with van der Waals surface area (Å²) in [5.74, 6) is 0. The largest absolute Gasteiger partial charge is 0.392 e. The lowest BCUT2D eigenvalue weighted by molar-refractivity contribution is 0.278. The van der Waals surface area contributed by atoms with E-state index in [9.17, 15) is 13.5 Å². The van der Waals surface area contributed by atoms with Crippen molar-refractivity contribution in [2.75, 3.05) is 4.72 Å². The SMILES string of the molecule is Cc1cccc(NS(=O)(=O)c2ccccc2CO)c1Br. The number of halogens is 1. The molecule has 2 rings (SSSR count). The third-order valence-corrected chi connectivity index (χ3v) is 5.39. The molecule has 0 spiro atoms. The zero-order chi connectivity index (χ0) is 14.8. The molecule has 0 unspecified atom stereocenters. The minimum absolute atomic E-state index is 0.0795. The number of nitrogens with one attached hydrogen (secondary N) is 1. The second-order valence-electron chi connectivity index (χ2n) is 4.31. The highest BCUT2D eigenvalue weighted by atomic mass is 79.9. The van der Waals surface area contributed by atoms with Crippen LogP contribution in [0.1, 0.15) is 11.1 Å². The number of hydrogen-bond donors (Lipinski definition) is 2. The third kappa shape index (κ3) is 3.03. The molecule has 0 atom stereocenters. The first-order valence-corrected chi connectivity index (χ1v) is 8.20. The van der Waals surface area contributed by atoms with Gasteiger partial charge in [0.05, 0.1) is 17.2 Å². The lowest BCUT2D eigenvalue weighted by Gasteiger charge is -2.13. The summed E-state index contributed by atoms with van der Waals surface area (Å²) in [6, 6.07) is 11.7. The van der Waals surface area contributed by atoms with Crippen molar-refractivity contribution >= 4 is 31.6 Å². The summed E-state index contributed by atoms with van der Waals surface area (Å²) in [7, 11) is -3.74. The fourth-order valence-electron chi connectivity index (χ4n) is 1.82. The molecule has 106 valence electrons. The molecule has 2 aromatic rings. The lowest BCUT2D eigenvalue weighted by Crippen LogP contribution is -2.15. The number of aliphatic hydroxyl groups is 1. The van der Waals surface area contributed by atoms with Crippen LogP contribution < -0.4 is 4.72 Å². The minimum atomic E-state index is -3.74. The molecule has 0 heterocycles. The summed E-state index contributed by atoms with van der Waals surface area (Å²) in [4.78, 5) is 0.0795. The standard InChI is InChI=1S/C14H14BrNO3S/c1-10-5-4-7-12(14(10)15)16-20(18,19)13-8-3-2-6-11(13)9-17/h2-8,16-17H,9H2,1H3. The fourth-order valence-corrected chi connectivity index (χ4v) is 3.62. The van der Waals surface area contributed by atoms with Gasteiger partial charge in [-0.1, -0.05) is 30.3 Å². The highest BCUT2D eigenvalue weighted by Gasteiger charge is 2.19. The van der Waals surface area contributed by atoms with E-state index in [1.165, 1.54) is 6.07 Å². The van der Waals surface area contributed by atoms with E-state index in [-0.39, 0.29) is 11.5 Å². The van der Waals surface area contributed by atoms with Gasteiger partial charge in [0, 0.05) is 4.47 Å². The molecule has 0 saturated heterocycles. The van der Waals surface area contributed by atoms with E-state index in [1.807, 2.05) is 13.0 Å². The number of aliphatic hydroxyl groups excluding tert-OH is 1. The van der Waals surface area contributed by atoms with E-state index in [4.69, 9.17) is 0 Å². The summed E-state index contributed by atoms with van der Waals surface area (Å²) >= 11 is 3.36. The summed E-state index contributed by atoms with van der Waals surface area (Å²) < 4.78 is 28.0. The van der Waals surface area contributed by atoms with Gasteiger partial charge in [-0.25, -0.2) is 8.42 Å². The van der Waals surface area contributed by atoms with Gasteiger partial charge in [0.25, 0.3) is 10.0 Å². The van der Waals surface area contributed by atoms with E-state index >= 15 is 0 Å². The Morgan fingerprint density at radius 2 is 1.85 bits per heavy atom. The van der Waals surface area contributed by atoms with Gasteiger partial charge in [0.15, 0.2) is 0 Å². The van der Waals surface area contributed by atoms with Gasteiger partial charge >= 0.3 is 0 Å². The first-order chi connectivity index (χ1) is 9.45. The second-order valence-corrected chi connectivity index (χ2v) is 6.75. The normalized spacial score (nSPS) is 11.3. The van der Waals surface area contributed by atoms with Crippen LogP contribution in [-0.2, 0) is 16.6 Å². The van der Waals surface area contributed by atoms with Crippen LogP contribution in [0.15, 0.2) is 51.8 Å². The monoisotopic (exact) mass is 355 g/mol. The molecule has 20 heavy (non-hydrogen) atoms. The van der Waals surface area contributed by atoms with Gasteiger partial charge in [-0.05, 0) is 46.1 Å². The van der Waals surface area contributed by atoms with E-state index in [0.717, 1.165) is 5.56 Å². The van der Waals surface area contributed by atoms with Crippen LogP contribution in [0.4, 0.5) is 5.69 Å². The van der Waals surface area contributed by atoms with Crippen molar-refractivity contribution in [3.8, 4) is 0 Å². The van der Waals surface area contributed by atoms with Gasteiger partial charge < -0.3 is 5.11 Å². The Kier molecular flexibility index (Phi) is 4.47. The predicted octanol–water partition coefficient (Wildman–Crippen LogP) is 3.05. The molecule has 0 radical (unpaired) electrons. The van der Waals surface area contributed by atoms with E-state index < -0.39 is 10.0 Å². The van der Waals surface area contributed by atoms with Crippen LogP contribution in [0.5, 0.6) is 0 Å². The Morgan fingerprint density at radius 3 is 2.55 bits per heavy atom. The van der Waals surface area contributed by atoms with E-state index in [1.54, 1.807) is 30.3 Å². The molecule has 0 aliphatic rings.